The smallest absolute Gasteiger partial charge is 0.303 e. The van der Waals surface area contributed by atoms with E-state index < -0.39 is 30.0 Å². The standard InChI is InChI=1S/C18H24O5/c19-14(9-5-4-8-12-6-2-1-3-7-12)18-13(10-17(22)23)15(20)11-16(18)21/h1-3,6-7,9,13,15-16,18-21H,4-5,8,10-11H2,(H,22,23)/t13-,15-,16+,18-/m0/s1. The molecule has 2 rings (SSSR count). The quantitative estimate of drug-likeness (QED) is 0.456. The zero-order chi connectivity index (χ0) is 16.8. The zero-order valence-corrected chi connectivity index (χ0v) is 13.0. The molecule has 0 spiro atoms. The number of carboxylic acids is 1. The highest BCUT2D eigenvalue weighted by atomic mass is 16.4. The molecule has 0 unspecified atom stereocenters. The van der Waals surface area contributed by atoms with E-state index in [2.05, 4.69) is 0 Å². The van der Waals surface area contributed by atoms with Gasteiger partial charge in [-0.1, -0.05) is 30.3 Å². The average molecular weight is 320 g/mol. The van der Waals surface area contributed by atoms with Crippen molar-refractivity contribution in [2.24, 2.45) is 11.8 Å². The molecule has 0 aliphatic heterocycles. The summed E-state index contributed by atoms with van der Waals surface area (Å²) in [5.74, 6) is -2.39. The Morgan fingerprint density at radius 2 is 1.83 bits per heavy atom. The summed E-state index contributed by atoms with van der Waals surface area (Å²) in [7, 11) is 0. The van der Waals surface area contributed by atoms with Crippen LogP contribution in [-0.2, 0) is 11.2 Å². The number of aliphatic hydroxyl groups excluding tert-OH is 3. The van der Waals surface area contributed by atoms with Crippen molar-refractivity contribution in [3.63, 3.8) is 0 Å². The SMILES string of the molecule is O=C(O)C[C@@H]1[C@@H](C(O)=CCCCc2ccccc2)[C@H](O)C[C@@H]1O. The van der Waals surface area contributed by atoms with Crippen molar-refractivity contribution in [1.29, 1.82) is 0 Å². The first-order chi connectivity index (χ1) is 11.0. The molecule has 1 saturated carbocycles. The molecule has 5 heteroatoms. The Bertz CT molecular complexity index is 540. The maximum atomic E-state index is 10.9. The van der Waals surface area contributed by atoms with Crippen molar-refractivity contribution >= 4 is 5.97 Å². The van der Waals surface area contributed by atoms with Gasteiger partial charge >= 0.3 is 5.97 Å². The lowest BCUT2D eigenvalue weighted by Crippen LogP contribution is -2.26. The predicted molar refractivity (Wildman–Crippen MR) is 86.0 cm³/mol. The molecule has 4 atom stereocenters. The summed E-state index contributed by atoms with van der Waals surface area (Å²) < 4.78 is 0. The van der Waals surface area contributed by atoms with E-state index in [1.165, 1.54) is 5.56 Å². The van der Waals surface area contributed by atoms with E-state index >= 15 is 0 Å². The number of rotatable bonds is 7. The van der Waals surface area contributed by atoms with Gasteiger partial charge < -0.3 is 20.4 Å². The Morgan fingerprint density at radius 3 is 2.48 bits per heavy atom. The van der Waals surface area contributed by atoms with Gasteiger partial charge in [0.15, 0.2) is 0 Å². The third kappa shape index (κ3) is 4.81. The van der Waals surface area contributed by atoms with Gasteiger partial charge in [0.1, 0.15) is 0 Å². The average Bonchev–Trinajstić information content (AvgIpc) is 2.78. The van der Waals surface area contributed by atoms with E-state index in [4.69, 9.17) is 5.11 Å². The van der Waals surface area contributed by atoms with Gasteiger partial charge in [0.05, 0.1) is 24.4 Å². The Kier molecular flexibility index (Phi) is 6.19. The summed E-state index contributed by atoms with van der Waals surface area (Å²) in [4.78, 5) is 10.9. The van der Waals surface area contributed by atoms with Crippen LogP contribution in [0.25, 0.3) is 0 Å². The van der Waals surface area contributed by atoms with Crippen LogP contribution in [0.4, 0.5) is 0 Å². The Hall–Kier alpha value is -1.85. The van der Waals surface area contributed by atoms with Gasteiger partial charge in [0.25, 0.3) is 0 Å². The number of aryl methyl sites for hydroxylation is 1. The van der Waals surface area contributed by atoms with Gasteiger partial charge in [-0.15, -0.1) is 0 Å². The molecule has 0 radical (unpaired) electrons. The third-order valence-corrected chi connectivity index (χ3v) is 4.47. The van der Waals surface area contributed by atoms with Gasteiger partial charge in [-0.25, -0.2) is 0 Å². The van der Waals surface area contributed by atoms with Gasteiger partial charge in [-0.3, -0.25) is 4.79 Å². The molecule has 4 N–H and O–H groups in total. The summed E-state index contributed by atoms with van der Waals surface area (Å²) in [6, 6.07) is 10.0. The molecule has 1 aliphatic carbocycles. The highest BCUT2D eigenvalue weighted by Crippen LogP contribution is 2.38. The number of carbonyl (C=O) groups is 1. The first-order valence-corrected chi connectivity index (χ1v) is 8.00. The minimum absolute atomic E-state index is 0.00615. The Morgan fingerprint density at radius 1 is 1.13 bits per heavy atom. The van der Waals surface area contributed by atoms with Crippen LogP contribution in [0.1, 0.15) is 31.2 Å². The minimum Gasteiger partial charge on any atom is -0.512 e. The molecule has 0 saturated heterocycles. The number of hydrogen-bond donors (Lipinski definition) is 4. The number of aliphatic hydroxyl groups is 3. The van der Waals surface area contributed by atoms with E-state index in [-0.39, 0.29) is 18.6 Å². The third-order valence-electron chi connectivity index (χ3n) is 4.47. The van der Waals surface area contributed by atoms with Crippen molar-refractivity contribution in [1.82, 2.24) is 0 Å². The maximum absolute atomic E-state index is 10.9. The molecule has 0 amide bonds. The molecular formula is C18H24O5. The fourth-order valence-corrected chi connectivity index (χ4v) is 3.31. The normalized spacial score (nSPS) is 28.0. The maximum Gasteiger partial charge on any atom is 0.303 e. The molecule has 1 aromatic rings. The van der Waals surface area contributed by atoms with Crippen LogP contribution in [-0.4, -0.2) is 38.6 Å². The molecule has 1 aromatic carbocycles. The highest BCUT2D eigenvalue weighted by Gasteiger charge is 2.44. The molecule has 23 heavy (non-hydrogen) atoms. The summed E-state index contributed by atoms with van der Waals surface area (Å²) in [6.45, 7) is 0. The molecule has 0 heterocycles. The second-order valence-electron chi connectivity index (χ2n) is 6.16. The zero-order valence-electron chi connectivity index (χ0n) is 13.0. The summed E-state index contributed by atoms with van der Waals surface area (Å²) >= 11 is 0. The van der Waals surface area contributed by atoms with Crippen LogP contribution in [0.2, 0.25) is 0 Å². The number of hydrogen-bond acceptors (Lipinski definition) is 4. The van der Waals surface area contributed by atoms with E-state index in [0.29, 0.717) is 6.42 Å². The summed E-state index contributed by atoms with van der Waals surface area (Å²) in [5, 5.41) is 39.0. The fraction of sp³-hybridized carbons (Fsp3) is 0.500. The van der Waals surface area contributed by atoms with Crippen LogP contribution in [0.3, 0.4) is 0 Å². The first-order valence-electron chi connectivity index (χ1n) is 8.00. The monoisotopic (exact) mass is 320 g/mol. The number of carboxylic acid groups (broad SMARTS) is 1. The van der Waals surface area contributed by atoms with Crippen molar-refractivity contribution in [3.8, 4) is 0 Å². The van der Waals surface area contributed by atoms with Crippen molar-refractivity contribution in [3.05, 3.63) is 47.7 Å². The lowest BCUT2D eigenvalue weighted by Gasteiger charge is -2.21. The molecule has 0 aromatic heterocycles. The van der Waals surface area contributed by atoms with Gasteiger partial charge in [-0.05, 0) is 30.9 Å². The molecule has 0 bridgehead atoms. The molecule has 1 fully saturated rings. The van der Waals surface area contributed by atoms with Gasteiger partial charge in [0.2, 0.25) is 0 Å². The van der Waals surface area contributed by atoms with Crippen LogP contribution < -0.4 is 0 Å². The topological polar surface area (TPSA) is 98.0 Å². The minimum atomic E-state index is -1.04. The van der Waals surface area contributed by atoms with E-state index in [1.54, 1.807) is 6.08 Å². The second-order valence-corrected chi connectivity index (χ2v) is 6.16. The van der Waals surface area contributed by atoms with Crippen molar-refractivity contribution in [2.45, 2.75) is 44.3 Å². The lowest BCUT2D eigenvalue weighted by atomic mass is 9.88. The lowest BCUT2D eigenvalue weighted by molar-refractivity contribution is -0.139. The fourth-order valence-electron chi connectivity index (χ4n) is 3.31. The second kappa shape index (κ2) is 8.13. The van der Waals surface area contributed by atoms with Crippen molar-refractivity contribution in [2.75, 3.05) is 0 Å². The molecule has 1 aliphatic rings. The first kappa shape index (κ1) is 17.5. The molecule has 126 valence electrons. The van der Waals surface area contributed by atoms with Gasteiger partial charge in [-0.2, -0.15) is 0 Å². The Labute approximate surface area is 135 Å². The summed E-state index contributed by atoms with van der Waals surface area (Å²) in [5.41, 5.74) is 1.22. The van der Waals surface area contributed by atoms with Crippen molar-refractivity contribution < 1.29 is 25.2 Å². The van der Waals surface area contributed by atoms with E-state index in [1.807, 2.05) is 30.3 Å². The van der Waals surface area contributed by atoms with E-state index in [0.717, 1.165) is 12.8 Å². The number of unbranched alkanes of at least 4 members (excludes halogenated alkanes) is 1. The number of aliphatic carboxylic acids is 1. The Balaban J connectivity index is 1.91. The number of allylic oxidation sites excluding steroid dienone is 1. The van der Waals surface area contributed by atoms with Gasteiger partial charge in [0, 0.05) is 18.3 Å². The van der Waals surface area contributed by atoms with Crippen LogP contribution in [0.15, 0.2) is 42.2 Å². The number of benzene rings is 1. The largest absolute Gasteiger partial charge is 0.512 e. The highest BCUT2D eigenvalue weighted by molar-refractivity contribution is 5.67. The van der Waals surface area contributed by atoms with Crippen LogP contribution in [0.5, 0.6) is 0 Å². The molecular weight excluding hydrogens is 296 g/mol. The molecule has 5 nitrogen and oxygen atoms in total. The summed E-state index contributed by atoms with van der Waals surface area (Å²) in [6.07, 6.45) is 2.06. The van der Waals surface area contributed by atoms with E-state index in [9.17, 15) is 20.1 Å². The van der Waals surface area contributed by atoms with Crippen LogP contribution in [0, 0.1) is 11.8 Å². The predicted octanol–water partition coefficient (Wildman–Crippen LogP) is 2.28. The van der Waals surface area contributed by atoms with Crippen LogP contribution >= 0.6 is 0 Å².